The van der Waals surface area contributed by atoms with Crippen molar-refractivity contribution in [2.75, 3.05) is 18.1 Å². The molecular formula is C32H31N3O6S. The fraction of sp³-hybridized carbons (Fsp3) is 0.250. The molecule has 3 aromatic carbocycles. The lowest BCUT2D eigenvalue weighted by atomic mass is 9.95. The average Bonchev–Trinajstić information content (AvgIpc) is 3.55. The van der Waals surface area contributed by atoms with E-state index < -0.39 is 17.7 Å². The summed E-state index contributed by atoms with van der Waals surface area (Å²) in [5, 5.41) is 20.6. The van der Waals surface area contributed by atoms with Crippen molar-refractivity contribution < 1.29 is 28.9 Å². The molecule has 216 valence electrons. The van der Waals surface area contributed by atoms with Crippen LogP contribution in [0.5, 0.6) is 17.2 Å². The highest BCUT2D eigenvalue weighted by atomic mass is 32.1. The highest BCUT2D eigenvalue weighted by molar-refractivity contribution is 7.15. The molecule has 2 heterocycles. The van der Waals surface area contributed by atoms with Crippen LogP contribution in [-0.2, 0) is 16.2 Å². The molecule has 1 unspecified atom stereocenters. The molecule has 1 fully saturated rings. The molecule has 1 amide bonds. The lowest BCUT2D eigenvalue weighted by molar-refractivity contribution is -0.132. The van der Waals surface area contributed by atoms with Crippen LogP contribution in [0.3, 0.4) is 0 Å². The monoisotopic (exact) mass is 585 g/mol. The van der Waals surface area contributed by atoms with Crippen LogP contribution in [0, 0.1) is 6.92 Å². The van der Waals surface area contributed by atoms with E-state index in [2.05, 4.69) is 10.2 Å². The molecule has 0 saturated carbocycles. The standard InChI is InChI=1S/C32H31N3O6S/c1-4-17-40-24-14-11-22(12-15-24)29(36)27-28(35(31(38)30(27)37)32-34-33-20(3)42-32)23-13-16-25(26(18-23)39-5-2)41-19-21-9-7-6-8-10-21/h6-16,18,28,36H,4-5,17,19H2,1-3H3. The fourth-order valence-electron chi connectivity index (χ4n) is 4.63. The lowest BCUT2D eigenvalue weighted by Crippen LogP contribution is -2.29. The quantitative estimate of drug-likeness (QED) is 0.125. The fourth-order valence-corrected chi connectivity index (χ4v) is 5.34. The van der Waals surface area contributed by atoms with E-state index in [9.17, 15) is 14.7 Å². The molecular weight excluding hydrogens is 554 g/mol. The van der Waals surface area contributed by atoms with Gasteiger partial charge in [-0.25, -0.2) is 0 Å². The Kier molecular flexibility index (Phi) is 8.83. The molecule has 1 N–H and O–H groups in total. The van der Waals surface area contributed by atoms with Crippen molar-refractivity contribution in [2.45, 2.75) is 39.8 Å². The van der Waals surface area contributed by atoms with Crippen molar-refractivity contribution in [3.63, 3.8) is 0 Å². The molecule has 0 radical (unpaired) electrons. The first-order valence-electron chi connectivity index (χ1n) is 13.7. The molecule has 1 aromatic heterocycles. The second-order valence-electron chi connectivity index (χ2n) is 9.56. The second-order valence-corrected chi connectivity index (χ2v) is 10.7. The van der Waals surface area contributed by atoms with Gasteiger partial charge in [0.15, 0.2) is 11.5 Å². The Morgan fingerprint density at radius 3 is 2.36 bits per heavy atom. The molecule has 1 aliphatic rings. The zero-order valence-corrected chi connectivity index (χ0v) is 24.4. The number of anilines is 1. The number of carbonyl (C=O) groups is 2. The van der Waals surface area contributed by atoms with Crippen molar-refractivity contribution >= 4 is 33.9 Å². The van der Waals surface area contributed by atoms with E-state index in [-0.39, 0.29) is 16.5 Å². The number of aliphatic hydroxyl groups excluding tert-OH is 1. The minimum absolute atomic E-state index is 0.0597. The summed E-state index contributed by atoms with van der Waals surface area (Å²) >= 11 is 1.19. The summed E-state index contributed by atoms with van der Waals surface area (Å²) in [6.45, 7) is 6.90. The van der Waals surface area contributed by atoms with E-state index >= 15 is 0 Å². The highest BCUT2D eigenvalue weighted by Crippen LogP contribution is 2.45. The van der Waals surface area contributed by atoms with Gasteiger partial charge in [0, 0.05) is 5.56 Å². The van der Waals surface area contributed by atoms with E-state index in [1.807, 2.05) is 44.2 Å². The number of rotatable bonds is 11. The maximum atomic E-state index is 13.5. The van der Waals surface area contributed by atoms with E-state index in [0.717, 1.165) is 12.0 Å². The van der Waals surface area contributed by atoms with Crippen molar-refractivity contribution in [3.8, 4) is 17.2 Å². The normalized spacial score (nSPS) is 16.1. The van der Waals surface area contributed by atoms with Crippen LogP contribution in [0.4, 0.5) is 5.13 Å². The number of carbonyl (C=O) groups excluding carboxylic acids is 2. The number of Topliss-reactive ketones (excluding diaryl/α,β-unsaturated/α-hetero) is 1. The van der Waals surface area contributed by atoms with Crippen LogP contribution in [-0.4, -0.2) is 40.2 Å². The van der Waals surface area contributed by atoms with Gasteiger partial charge in [-0.1, -0.05) is 54.7 Å². The van der Waals surface area contributed by atoms with Crippen LogP contribution < -0.4 is 19.1 Å². The maximum Gasteiger partial charge on any atom is 0.301 e. The van der Waals surface area contributed by atoms with Gasteiger partial charge in [0.1, 0.15) is 23.1 Å². The van der Waals surface area contributed by atoms with Gasteiger partial charge in [0.2, 0.25) is 5.13 Å². The lowest BCUT2D eigenvalue weighted by Gasteiger charge is -2.23. The summed E-state index contributed by atoms with van der Waals surface area (Å²) in [4.78, 5) is 28.2. The van der Waals surface area contributed by atoms with Gasteiger partial charge in [-0.05, 0) is 67.8 Å². The molecule has 1 atom stereocenters. The summed E-state index contributed by atoms with van der Waals surface area (Å²) in [6.07, 6.45) is 0.857. The SMILES string of the molecule is CCCOc1ccc(C(O)=C2C(=O)C(=O)N(c3nnc(C)s3)C2c2ccc(OCc3ccccc3)c(OCC)c2)cc1. The smallest absolute Gasteiger partial charge is 0.301 e. The van der Waals surface area contributed by atoms with Gasteiger partial charge in [-0.3, -0.25) is 14.5 Å². The number of nitrogens with zero attached hydrogens (tertiary/aromatic N) is 3. The molecule has 42 heavy (non-hydrogen) atoms. The maximum absolute atomic E-state index is 13.5. The van der Waals surface area contributed by atoms with Crippen LogP contribution in [0.25, 0.3) is 5.76 Å². The molecule has 10 heteroatoms. The molecule has 0 bridgehead atoms. The van der Waals surface area contributed by atoms with Gasteiger partial charge >= 0.3 is 5.91 Å². The number of benzene rings is 3. The Hall–Kier alpha value is -4.70. The molecule has 4 aromatic rings. The van der Waals surface area contributed by atoms with E-state index in [4.69, 9.17) is 14.2 Å². The minimum Gasteiger partial charge on any atom is -0.507 e. The molecule has 5 rings (SSSR count). The van der Waals surface area contributed by atoms with Gasteiger partial charge in [0.25, 0.3) is 5.78 Å². The summed E-state index contributed by atoms with van der Waals surface area (Å²) in [7, 11) is 0. The van der Waals surface area contributed by atoms with Crippen molar-refractivity contribution in [1.82, 2.24) is 10.2 Å². The summed E-state index contributed by atoms with van der Waals surface area (Å²) in [5.74, 6) is -0.325. The van der Waals surface area contributed by atoms with Gasteiger partial charge in [-0.15, -0.1) is 10.2 Å². The number of aliphatic hydroxyl groups is 1. The first-order chi connectivity index (χ1) is 20.4. The van der Waals surface area contributed by atoms with Gasteiger partial charge in [-0.2, -0.15) is 0 Å². The number of ether oxygens (including phenoxy) is 3. The number of ketones is 1. The van der Waals surface area contributed by atoms with Crippen LogP contribution in [0.1, 0.15) is 48.0 Å². The van der Waals surface area contributed by atoms with Crippen LogP contribution in [0.2, 0.25) is 0 Å². The Morgan fingerprint density at radius 1 is 0.929 bits per heavy atom. The topological polar surface area (TPSA) is 111 Å². The summed E-state index contributed by atoms with van der Waals surface area (Å²) in [6, 6.07) is 20.8. The number of hydrogen-bond acceptors (Lipinski definition) is 9. The van der Waals surface area contributed by atoms with Crippen LogP contribution >= 0.6 is 11.3 Å². The van der Waals surface area contributed by atoms with Crippen molar-refractivity contribution in [1.29, 1.82) is 0 Å². The predicted octanol–water partition coefficient (Wildman–Crippen LogP) is 6.24. The zero-order chi connectivity index (χ0) is 29.6. The van der Waals surface area contributed by atoms with E-state index in [1.54, 1.807) is 49.4 Å². The summed E-state index contributed by atoms with van der Waals surface area (Å²) < 4.78 is 17.6. The third-order valence-electron chi connectivity index (χ3n) is 6.59. The van der Waals surface area contributed by atoms with Gasteiger partial charge in [0.05, 0.1) is 24.8 Å². The third-order valence-corrected chi connectivity index (χ3v) is 7.42. The van der Waals surface area contributed by atoms with Crippen molar-refractivity contribution in [3.05, 3.63) is 100 Å². The minimum atomic E-state index is -0.976. The molecule has 1 aliphatic heterocycles. The predicted molar refractivity (Wildman–Crippen MR) is 160 cm³/mol. The number of hydrogen-bond donors (Lipinski definition) is 1. The van der Waals surface area contributed by atoms with E-state index in [1.165, 1.54) is 16.2 Å². The average molecular weight is 586 g/mol. The Balaban J connectivity index is 1.58. The Morgan fingerprint density at radius 2 is 1.69 bits per heavy atom. The second kappa shape index (κ2) is 12.9. The van der Waals surface area contributed by atoms with Gasteiger partial charge < -0.3 is 19.3 Å². The number of aromatic nitrogens is 2. The van der Waals surface area contributed by atoms with Crippen molar-refractivity contribution in [2.24, 2.45) is 0 Å². The Labute approximate surface area is 248 Å². The Bertz CT molecular complexity index is 1600. The summed E-state index contributed by atoms with van der Waals surface area (Å²) in [5.41, 5.74) is 1.86. The molecule has 1 saturated heterocycles. The number of amides is 1. The number of aryl methyl sites for hydroxylation is 1. The zero-order valence-electron chi connectivity index (χ0n) is 23.6. The first-order valence-corrected chi connectivity index (χ1v) is 14.5. The molecule has 0 spiro atoms. The van der Waals surface area contributed by atoms with E-state index in [0.29, 0.717) is 53.2 Å². The third kappa shape index (κ3) is 5.99. The van der Waals surface area contributed by atoms with Crippen LogP contribution in [0.15, 0.2) is 78.4 Å². The molecule has 0 aliphatic carbocycles. The highest BCUT2D eigenvalue weighted by Gasteiger charge is 2.48. The largest absolute Gasteiger partial charge is 0.507 e. The molecule has 9 nitrogen and oxygen atoms in total. The first kappa shape index (κ1) is 28.8.